The summed E-state index contributed by atoms with van der Waals surface area (Å²) in [7, 11) is -3.53. The predicted octanol–water partition coefficient (Wildman–Crippen LogP) is 2.94. The molecule has 1 aromatic carbocycles. The highest BCUT2D eigenvalue weighted by Crippen LogP contribution is 2.22. The van der Waals surface area contributed by atoms with Gasteiger partial charge in [-0.05, 0) is 36.8 Å². The van der Waals surface area contributed by atoms with Crippen LogP contribution in [0.15, 0.2) is 46.6 Å². The highest BCUT2D eigenvalue weighted by Gasteiger charge is 2.15. The van der Waals surface area contributed by atoms with E-state index in [-0.39, 0.29) is 16.4 Å². The van der Waals surface area contributed by atoms with Gasteiger partial charge in [-0.25, -0.2) is 18.1 Å². The van der Waals surface area contributed by atoms with E-state index >= 15 is 0 Å². The molecule has 3 rings (SSSR count). The summed E-state index contributed by atoms with van der Waals surface area (Å²) < 4.78 is 27.2. The average Bonchev–Trinajstić information content (AvgIpc) is 3.28. The minimum Gasteiger partial charge on any atom is -0.359 e. The lowest BCUT2D eigenvalue weighted by Crippen LogP contribution is -2.24. The highest BCUT2D eigenvalue weighted by atomic mass is 32.2. The average molecular weight is 393 g/mol. The van der Waals surface area contributed by atoms with Crippen LogP contribution in [0.5, 0.6) is 0 Å². The molecule has 0 amide bonds. The smallest absolute Gasteiger partial charge is 0.240 e. The van der Waals surface area contributed by atoms with Crippen LogP contribution >= 0.6 is 11.8 Å². The standard InChI is InChI=1S/C17H20N4O3S2/c1-2-3-9-19-26(23,24)12-6-7-13-15(10-12)21-17(20-13)25-11-16(22)14-5-4-8-18-14/h4-8,10,18-19H,2-3,9,11H2,1H3,(H,20,21). The second kappa shape index (κ2) is 8.07. The van der Waals surface area contributed by atoms with Crippen LogP contribution in [0.3, 0.4) is 0 Å². The van der Waals surface area contributed by atoms with Crippen molar-refractivity contribution in [3.8, 4) is 0 Å². The van der Waals surface area contributed by atoms with Crippen LogP contribution in [0.4, 0.5) is 0 Å². The van der Waals surface area contributed by atoms with Crippen molar-refractivity contribution in [2.24, 2.45) is 0 Å². The van der Waals surface area contributed by atoms with Gasteiger partial charge in [-0.3, -0.25) is 4.79 Å². The fourth-order valence-electron chi connectivity index (χ4n) is 2.38. The van der Waals surface area contributed by atoms with E-state index in [9.17, 15) is 13.2 Å². The Balaban J connectivity index is 1.72. The minimum atomic E-state index is -3.53. The van der Waals surface area contributed by atoms with Gasteiger partial charge in [-0.1, -0.05) is 25.1 Å². The molecular formula is C17H20N4O3S2. The fourth-order valence-corrected chi connectivity index (χ4v) is 4.25. The maximum atomic E-state index is 12.3. The third-order valence-corrected chi connectivity index (χ3v) is 6.13. The second-order valence-corrected chi connectivity index (χ2v) is 8.50. The zero-order chi connectivity index (χ0) is 18.6. The number of Topliss-reactive ketones (excluding diaryl/α,β-unsaturated/α-hetero) is 1. The van der Waals surface area contributed by atoms with E-state index in [1.165, 1.54) is 17.8 Å². The van der Waals surface area contributed by atoms with Crippen molar-refractivity contribution in [1.82, 2.24) is 19.7 Å². The number of nitrogens with one attached hydrogen (secondary N) is 3. The van der Waals surface area contributed by atoms with Gasteiger partial charge in [0.25, 0.3) is 0 Å². The van der Waals surface area contributed by atoms with Crippen molar-refractivity contribution in [2.75, 3.05) is 12.3 Å². The number of imidazole rings is 1. The molecule has 0 fully saturated rings. The Morgan fingerprint density at radius 1 is 1.31 bits per heavy atom. The van der Waals surface area contributed by atoms with Crippen LogP contribution in [0.2, 0.25) is 0 Å². The molecule has 2 aromatic heterocycles. The molecule has 0 unspecified atom stereocenters. The number of hydrogen-bond acceptors (Lipinski definition) is 5. The quantitative estimate of drug-likeness (QED) is 0.295. The van der Waals surface area contributed by atoms with Crippen molar-refractivity contribution < 1.29 is 13.2 Å². The van der Waals surface area contributed by atoms with Gasteiger partial charge in [0.05, 0.1) is 27.4 Å². The number of H-pyrrole nitrogens is 2. The van der Waals surface area contributed by atoms with E-state index in [0.29, 0.717) is 28.4 Å². The number of rotatable bonds is 9. The highest BCUT2D eigenvalue weighted by molar-refractivity contribution is 7.99. The molecule has 0 aliphatic carbocycles. The van der Waals surface area contributed by atoms with E-state index in [1.807, 2.05) is 6.92 Å². The molecule has 0 saturated heterocycles. The molecule has 0 aliphatic heterocycles. The molecule has 138 valence electrons. The SMILES string of the molecule is CCCCNS(=O)(=O)c1ccc2nc(SCC(=O)c3ccc[nH]3)[nH]c2c1. The van der Waals surface area contributed by atoms with Crippen molar-refractivity contribution >= 4 is 38.6 Å². The first-order valence-electron chi connectivity index (χ1n) is 8.28. The first-order chi connectivity index (χ1) is 12.5. The summed E-state index contributed by atoms with van der Waals surface area (Å²) in [4.78, 5) is 22.6. The van der Waals surface area contributed by atoms with Crippen LogP contribution < -0.4 is 4.72 Å². The Bertz CT molecular complexity index is 994. The number of unbranched alkanes of at least 4 members (excludes halogenated alkanes) is 1. The van der Waals surface area contributed by atoms with Gasteiger partial charge in [0.15, 0.2) is 10.9 Å². The third-order valence-electron chi connectivity index (χ3n) is 3.80. The molecule has 26 heavy (non-hydrogen) atoms. The van der Waals surface area contributed by atoms with E-state index in [0.717, 1.165) is 12.8 Å². The summed E-state index contributed by atoms with van der Waals surface area (Å²) in [5.41, 5.74) is 1.84. The number of fused-ring (bicyclic) bond motifs is 1. The molecule has 7 nitrogen and oxygen atoms in total. The molecule has 2 heterocycles. The predicted molar refractivity (Wildman–Crippen MR) is 102 cm³/mol. The zero-order valence-corrected chi connectivity index (χ0v) is 15.9. The molecular weight excluding hydrogens is 372 g/mol. The molecule has 0 aliphatic rings. The molecule has 9 heteroatoms. The monoisotopic (exact) mass is 392 g/mol. The number of ketones is 1. The number of nitrogens with zero attached hydrogens (tertiary/aromatic N) is 1. The van der Waals surface area contributed by atoms with Crippen LogP contribution in [-0.4, -0.2) is 41.5 Å². The normalized spacial score (nSPS) is 11.9. The molecule has 0 bridgehead atoms. The Labute approximate surface area is 156 Å². The van der Waals surface area contributed by atoms with E-state index < -0.39 is 10.0 Å². The number of sulfonamides is 1. The Morgan fingerprint density at radius 3 is 2.88 bits per heavy atom. The van der Waals surface area contributed by atoms with Crippen LogP contribution in [-0.2, 0) is 10.0 Å². The van der Waals surface area contributed by atoms with Crippen LogP contribution in [0.1, 0.15) is 30.3 Å². The number of hydrogen-bond donors (Lipinski definition) is 3. The van der Waals surface area contributed by atoms with Gasteiger partial charge in [0.2, 0.25) is 10.0 Å². The molecule has 0 radical (unpaired) electrons. The van der Waals surface area contributed by atoms with Crippen molar-refractivity contribution in [2.45, 2.75) is 29.8 Å². The van der Waals surface area contributed by atoms with E-state index in [1.54, 1.807) is 30.5 Å². The van der Waals surface area contributed by atoms with Crippen molar-refractivity contribution in [3.63, 3.8) is 0 Å². The van der Waals surface area contributed by atoms with Gasteiger partial charge in [-0.2, -0.15) is 0 Å². The minimum absolute atomic E-state index is 0.0242. The lowest BCUT2D eigenvalue weighted by Gasteiger charge is -2.05. The summed E-state index contributed by atoms with van der Waals surface area (Å²) in [6.45, 7) is 2.42. The van der Waals surface area contributed by atoms with Crippen molar-refractivity contribution in [3.05, 3.63) is 42.2 Å². The molecule has 0 saturated carbocycles. The molecule has 0 atom stereocenters. The lowest BCUT2D eigenvalue weighted by atomic mass is 10.3. The number of aromatic amines is 2. The lowest BCUT2D eigenvalue weighted by molar-refractivity contribution is 0.101. The number of carbonyl (C=O) groups is 1. The number of benzene rings is 1. The number of aromatic nitrogens is 3. The summed E-state index contributed by atoms with van der Waals surface area (Å²) in [5, 5.41) is 0.577. The maximum absolute atomic E-state index is 12.3. The first kappa shape index (κ1) is 18.7. The molecule has 0 spiro atoms. The molecule has 3 N–H and O–H groups in total. The zero-order valence-electron chi connectivity index (χ0n) is 14.3. The fraction of sp³-hybridized carbons (Fsp3) is 0.294. The van der Waals surface area contributed by atoms with E-state index in [4.69, 9.17) is 0 Å². The van der Waals surface area contributed by atoms with E-state index in [2.05, 4.69) is 19.7 Å². The van der Waals surface area contributed by atoms with Crippen LogP contribution in [0.25, 0.3) is 11.0 Å². The van der Waals surface area contributed by atoms with Crippen LogP contribution in [0, 0.1) is 0 Å². The van der Waals surface area contributed by atoms with Gasteiger partial charge >= 0.3 is 0 Å². The second-order valence-electron chi connectivity index (χ2n) is 5.77. The topological polar surface area (TPSA) is 108 Å². The largest absolute Gasteiger partial charge is 0.359 e. The Hall–Kier alpha value is -2.10. The van der Waals surface area contributed by atoms with Gasteiger partial charge in [0, 0.05) is 12.7 Å². The summed E-state index contributed by atoms with van der Waals surface area (Å²) in [6, 6.07) is 8.26. The number of thioether (sulfide) groups is 1. The molecule has 3 aromatic rings. The summed E-state index contributed by atoms with van der Waals surface area (Å²) in [5.74, 6) is 0.216. The summed E-state index contributed by atoms with van der Waals surface area (Å²) >= 11 is 1.28. The van der Waals surface area contributed by atoms with Gasteiger partial charge in [-0.15, -0.1) is 0 Å². The Morgan fingerprint density at radius 2 is 2.15 bits per heavy atom. The summed E-state index contributed by atoms with van der Waals surface area (Å²) in [6.07, 6.45) is 3.42. The first-order valence-corrected chi connectivity index (χ1v) is 10.8. The van der Waals surface area contributed by atoms with Gasteiger partial charge < -0.3 is 9.97 Å². The number of carbonyl (C=O) groups excluding carboxylic acids is 1. The van der Waals surface area contributed by atoms with Crippen molar-refractivity contribution in [1.29, 1.82) is 0 Å². The maximum Gasteiger partial charge on any atom is 0.240 e. The van der Waals surface area contributed by atoms with Gasteiger partial charge in [0.1, 0.15) is 0 Å². The third kappa shape index (κ3) is 4.35. The Kier molecular flexibility index (Phi) is 5.80.